The van der Waals surface area contributed by atoms with Gasteiger partial charge in [-0.05, 0) is 5.56 Å². The first-order valence-electron chi connectivity index (χ1n) is 4.02. The maximum absolute atomic E-state index is 11.3. The fourth-order valence-corrected chi connectivity index (χ4v) is 2.00. The van der Waals surface area contributed by atoms with Gasteiger partial charge in [-0.2, -0.15) is 5.26 Å². The molecule has 1 aromatic carbocycles. The first kappa shape index (κ1) is 10.7. The minimum absolute atomic E-state index is 0.0878. The van der Waals surface area contributed by atoms with Crippen LogP contribution in [0.15, 0.2) is 30.3 Å². The Kier molecular flexibility index (Phi) is 3.63. The van der Waals surface area contributed by atoms with Gasteiger partial charge in [0.2, 0.25) is 10.0 Å². The van der Waals surface area contributed by atoms with Crippen molar-refractivity contribution in [3.8, 4) is 6.07 Å². The molecule has 14 heavy (non-hydrogen) atoms. The molecular formula is C9H10N2O2S. The van der Waals surface area contributed by atoms with Gasteiger partial charge >= 0.3 is 0 Å². The van der Waals surface area contributed by atoms with E-state index in [1.165, 1.54) is 0 Å². The van der Waals surface area contributed by atoms with Gasteiger partial charge in [0.15, 0.2) is 0 Å². The van der Waals surface area contributed by atoms with Crippen LogP contribution in [0.1, 0.15) is 5.56 Å². The highest BCUT2D eigenvalue weighted by Gasteiger charge is 2.09. The van der Waals surface area contributed by atoms with Gasteiger partial charge in [0.1, 0.15) is 0 Å². The number of nitrogens with one attached hydrogen (secondary N) is 1. The largest absolute Gasteiger partial charge is 0.216 e. The maximum atomic E-state index is 11.3. The molecule has 0 spiro atoms. The number of rotatable bonds is 4. The van der Waals surface area contributed by atoms with Crippen LogP contribution in [0, 0.1) is 11.3 Å². The van der Waals surface area contributed by atoms with E-state index in [0.29, 0.717) is 5.56 Å². The smallest absolute Gasteiger partial charge is 0.212 e. The van der Waals surface area contributed by atoms with Crippen molar-refractivity contribution in [3.05, 3.63) is 35.9 Å². The second-order valence-corrected chi connectivity index (χ2v) is 4.53. The lowest BCUT2D eigenvalue weighted by Crippen LogP contribution is -2.25. The zero-order valence-electron chi connectivity index (χ0n) is 7.47. The summed E-state index contributed by atoms with van der Waals surface area (Å²) in [6.45, 7) is -0.185. The van der Waals surface area contributed by atoms with E-state index in [9.17, 15) is 8.42 Å². The Morgan fingerprint density at radius 3 is 2.50 bits per heavy atom. The predicted octanol–water partition coefficient (Wildman–Crippen LogP) is 0.630. The lowest BCUT2D eigenvalue weighted by molar-refractivity contribution is 0.585. The first-order chi connectivity index (χ1) is 6.64. The van der Waals surface area contributed by atoms with Crippen LogP contribution in [-0.2, 0) is 15.8 Å². The van der Waals surface area contributed by atoms with Crippen molar-refractivity contribution >= 4 is 10.0 Å². The Labute approximate surface area is 83.2 Å². The highest BCUT2D eigenvalue weighted by atomic mass is 32.2. The molecular weight excluding hydrogens is 200 g/mol. The van der Waals surface area contributed by atoms with Gasteiger partial charge in [0.05, 0.1) is 18.4 Å². The third-order valence-corrected chi connectivity index (χ3v) is 2.87. The summed E-state index contributed by atoms with van der Waals surface area (Å²) in [5, 5.41) is 8.22. The van der Waals surface area contributed by atoms with Gasteiger partial charge in [-0.1, -0.05) is 30.3 Å². The molecule has 0 saturated heterocycles. The van der Waals surface area contributed by atoms with Crippen LogP contribution in [0.5, 0.6) is 0 Å². The molecule has 1 aromatic rings. The molecule has 5 heteroatoms. The minimum atomic E-state index is -3.37. The molecule has 74 valence electrons. The second kappa shape index (κ2) is 4.74. The highest BCUT2D eigenvalue weighted by molar-refractivity contribution is 7.88. The molecule has 0 atom stereocenters. The van der Waals surface area contributed by atoms with E-state index in [2.05, 4.69) is 4.72 Å². The molecule has 0 radical (unpaired) electrons. The van der Waals surface area contributed by atoms with Crippen LogP contribution in [0.2, 0.25) is 0 Å². The number of nitriles is 1. The van der Waals surface area contributed by atoms with Crippen LogP contribution >= 0.6 is 0 Å². The lowest BCUT2D eigenvalue weighted by Gasteiger charge is -2.02. The molecule has 0 fully saturated rings. The summed E-state index contributed by atoms with van der Waals surface area (Å²) in [6.07, 6.45) is 0. The monoisotopic (exact) mass is 210 g/mol. The molecule has 0 aliphatic rings. The molecule has 4 nitrogen and oxygen atoms in total. The minimum Gasteiger partial charge on any atom is -0.212 e. The summed E-state index contributed by atoms with van der Waals surface area (Å²) in [7, 11) is -3.37. The van der Waals surface area contributed by atoms with E-state index in [4.69, 9.17) is 5.26 Å². The molecule has 0 heterocycles. The Hall–Kier alpha value is -1.38. The van der Waals surface area contributed by atoms with Crippen LogP contribution in [0.3, 0.4) is 0 Å². The van der Waals surface area contributed by atoms with Crippen molar-refractivity contribution < 1.29 is 8.42 Å². The lowest BCUT2D eigenvalue weighted by atomic mass is 10.2. The molecule has 0 bridgehead atoms. The van der Waals surface area contributed by atoms with Crippen molar-refractivity contribution in [1.82, 2.24) is 4.72 Å². The number of hydrogen-bond donors (Lipinski definition) is 1. The van der Waals surface area contributed by atoms with Gasteiger partial charge < -0.3 is 0 Å². The second-order valence-electron chi connectivity index (χ2n) is 2.72. The standard InChI is InChI=1S/C9H10N2O2S/c10-6-7-11-14(12,13)8-9-4-2-1-3-5-9/h1-5,11H,7-8H2. The van der Waals surface area contributed by atoms with E-state index < -0.39 is 10.0 Å². The van der Waals surface area contributed by atoms with Gasteiger partial charge in [0.25, 0.3) is 0 Å². The first-order valence-corrected chi connectivity index (χ1v) is 5.67. The molecule has 0 saturated carbocycles. The molecule has 0 amide bonds. The zero-order chi connectivity index (χ0) is 10.4. The SMILES string of the molecule is N#CCNS(=O)(=O)Cc1ccccc1. The summed E-state index contributed by atoms with van der Waals surface area (Å²) in [5.41, 5.74) is 0.706. The van der Waals surface area contributed by atoms with Crippen molar-refractivity contribution in [2.75, 3.05) is 6.54 Å². The van der Waals surface area contributed by atoms with Crippen LogP contribution < -0.4 is 4.72 Å². The fraction of sp³-hybridized carbons (Fsp3) is 0.222. The van der Waals surface area contributed by atoms with Gasteiger partial charge in [-0.15, -0.1) is 0 Å². The van der Waals surface area contributed by atoms with Crippen molar-refractivity contribution in [1.29, 1.82) is 5.26 Å². The average Bonchev–Trinajstić information content (AvgIpc) is 2.16. The van der Waals surface area contributed by atoms with E-state index in [1.54, 1.807) is 30.3 Å². The summed E-state index contributed by atoms with van der Waals surface area (Å²) >= 11 is 0. The van der Waals surface area contributed by atoms with Crippen LogP contribution in [0.25, 0.3) is 0 Å². The Balaban J connectivity index is 2.66. The maximum Gasteiger partial charge on any atom is 0.216 e. The summed E-state index contributed by atoms with van der Waals surface area (Å²) < 4.78 is 24.8. The fourth-order valence-electron chi connectivity index (χ4n) is 0.987. The summed E-state index contributed by atoms with van der Waals surface area (Å²) in [5.74, 6) is -0.0878. The molecule has 0 aliphatic heterocycles. The topological polar surface area (TPSA) is 70.0 Å². The Bertz CT molecular complexity index is 420. The van der Waals surface area contributed by atoms with Gasteiger partial charge in [-0.3, -0.25) is 0 Å². The van der Waals surface area contributed by atoms with Gasteiger partial charge in [0, 0.05) is 0 Å². The summed E-state index contributed by atoms with van der Waals surface area (Å²) in [4.78, 5) is 0. The number of sulfonamides is 1. The molecule has 1 rings (SSSR count). The molecule has 1 N–H and O–H groups in total. The zero-order valence-corrected chi connectivity index (χ0v) is 8.29. The van der Waals surface area contributed by atoms with E-state index in [-0.39, 0.29) is 12.3 Å². The number of nitrogens with zero attached hydrogens (tertiary/aromatic N) is 1. The Morgan fingerprint density at radius 2 is 1.93 bits per heavy atom. The Morgan fingerprint density at radius 1 is 1.29 bits per heavy atom. The predicted molar refractivity (Wildman–Crippen MR) is 52.7 cm³/mol. The van der Waals surface area contributed by atoms with Crippen LogP contribution in [-0.4, -0.2) is 15.0 Å². The highest BCUT2D eigenvalue weighted by Crippen LogP contribution is 2.03. The van der Waals surface area contributed by atoms with Crippen molar-refractivity contribution in [2.24, 2.45) is 0 Å². The third-order valence-electron chi connectivity index (χ3n) is 1.57. The molecule has 0 aliphatic carbocycles. The normalized spacial score (nSPS) is 10.8. The van der Waals surface area contributed by atoms with Gasteiger partial charge in [-0.25, -0.2) is 13.1 Å². The van der Waals surface area contributed by atoms with E-state index in [1.807, 2.05) is 6.07 Å². The molecule has 0 aromatic heterocycles. The summed E-state index contributed by atoms with van der Waals surface area (Å²) in [6, 6.07) is 10.5. The number of hydrogen-bond acceptors (Lipinski definition) is 3. The average molecular weight is 210 g/mol. The molecule has 0 unspecified atom stereocenters. The van der Waals surface area contributed by atoms with Crippen LogP contribution in [0.4, 0.5) is 0 Å². The van der Waals surface area contributed by atoms with Crippen molar-refractivity contribution in [3.63, 3.8) is 0 Å². The van der Waals surface area contributed by atoms with E-state index >= 15 is 0 Å². The third kappa shape index (κ3) is 3.56. The van der Waals surface area contributed by atoms with Crippen molar-refractivity contribution in [2.45, 2.75) is 5.75 Å². The quantitative estimate of drug-likeness (QED) is 0.741. The number of benzene rings is 1. The van der Waals surface area contributed by atoms with E-state index in [0.717, 1.165) is 0 Å².